The lowest BCUT2D eigenvalue weighted by atomic mass is 10.4. The van der Waals surface area contributed by atoms with Gasteiger partial charge in [-0.25, -0.2) is 9.97 Å². The first-order valence-corrected chi connectivity index (χ1v) is 9.85. The molecule has 0 bridgehead atoms. The van der Waals surface area contributed by atoms with E-state index in [4.69, 9.17) is 16.6 Å². The highest BCUT2D eigenvalue weighted by Gasteiger charge is 2.17. The van der Waals surface area contributed by atoms with E-state index in [2.05, 4.69) is 33.1 Å². The molecular formula is C8H12ClN5SSi. The quantitative estimate of drug-likeness (QED) is 0.157. The third-order valence-electron chi connectivity index (χ3n) is 1.54. The van der Waals surface area contributed by atoms with Gasteiger partial charge >= 0.3 is 0 Å². The van der Waals surface area contributed by atoms with Crippen LogP contribution in [-0.4, -0.2) is 22.7 Å². The van der Waals surface area contributed by atoms with Crippen LogP contribution in [0, 0.1) is 0 Å². The molecule has 8 heteroatoms. The number of rotatable bonds is 5. The van der Waals surface area contributed by atoms with Crippen LogP contribution in [-0.2, 0) is 6.54 Å². The van der Waals surface area contributed by atoms with Gasteiger partial charge in [-0.1, -0.05) is 30.0 Å². The highest BCUT2D eigenvalue weighted by molar-refractivity contribution is 8.01. The second-order valence-electron chi connectivity index (χ2n) is 3.77. The first-order valence-electron chi connectivity index (χ1n) is 4.65. The molecule has 16 heavy (non-hydrogen) atoms. The molecule has 5 nitrogen and oxygen atoms in total. The van der Waals surface area contributed by atoms with Gasteiger partial charge in [0.05, 0.1) is 6.54 Å². The molecule has 0 unspecified atom stereocenters. The standard InChI is InChI=1S/C8H12ClN5SSi/c1-16(2,9)6-15-8-11-3-7(4-12-8)5-13-14-10/h3-4H,5-6H2,1-2H3. The van der Waals surface area contributed by atoms with Crippen molar-refractivity contribution in [3.8, 4) is 0 Å². The maximum absolute atomic E-state index is 8.16. The lowest BCUT2D eigenvalue weighted by Gasteiger charge is -2.10. The van der Waals surface area contributed by atoms with Crippen LogP contribution in [0.3, 0.4) is 0 Å². The second kappa shape index (κ2) is 6.10. The van der Waals surface area contributed by atoms with Crippen LogP contribution in [0.1, 0.15) is 5.56 Å². The van der Waals surface area contributed by atoms with Crippen LogP contribution in [0.15, 0.2) is 22.7 Å². The third-order valence-corrected chi connectivity index (χ3v) is 6.32. The summed E-state index contributed by atoms with van der Waals surface area (Å²) in [4.78, 5) is 11.0. The SMILES string of the molecule is C[Si](C)(Cl)CSc1ncc(CN=[N+]=[N-])cn1. The molecule has 1 rings (SSSR count). The zero-order valence-electron chi connectivity index (χ0n) is 9.09. The summed E-state index contributed by atoms with van der Waals surface area (Å²) in [5.41, 5.74) is 8.97. The maximum Gasteiger partial charge on any atom is 0.187 e. The van der Waals surface area contributed by atoms with Gasteiger partial charge in [0, 0.05) is 22.7 Å². The highest BCUT2D eigenvalue weighted by atomic mass is 35.6. The van der Waals surface area contributed by atoms with E-state index in [-0.39, 0.29) is 6.54 Å². The smallest absolute Gasteiger partial charge is 0.187 e. The van der Waals surface area contributed by atoms with Crippen molar-refractivity contribution in [2.45, 2.75) is 24.8 Å². The van der Waals surface area contributed by atoms with E-state index in [1.54, 1.807) is 24.2 Å². The van der Waals surface area contributed by atoms with Crippen LogP contribution in [0.2, 0.25) is 13.1 Å². The van der Waals surface area contributed by atoms with Crippen molar-refractivity contribution in [1.29, 1.82) is 0 Å². The summed E-state index contributed by atoms with van der Waals surface area (Å²) in [6, 6.07) is 0. The average Bonchev–Trinajstić information content (AvgIpc) is 2.24. The molecule has 0 fully saturated rings. The Labute approximate surface area is 104 Å². The Balaban J connectivity index is 2.54. The molecule has 0 spiro atoms. The number of azide groups is 1. The van der Waals surface area contributed by atoms with Crippen LogP contribution < -0.4 is 0 Å². The van der Waals surface area contributed by atoms with Crippen molar-refractivity contribution in [1.82, 2.24) is 9.97 Å². The zero-order valence-corrected chi connectivity index (χ0v) is 11.7. The summed E-state index contributed by atoms with van der Waals surface area (Å²) < 4.78 is 0. The van der Waals surface area contributed by atoms with Gasteiger partial charge in [-0.2, -0.15) is 11.1 Å². The molecule has 0 radical (unpaired) electrons. The molecule has 0 saturated carbocycles. The molecule has 0 atom stereocenters. The van der Waals surface area contributed by atoms with E-state index in [1.807, 2.05) is 0 Å². The Bertz CT molecular complexity index is 384. The van der Waals surface area contributed by atoms with Gasteiger partial charge in [0.15, 0.2) is 12.5 Å². The Morgan fingerprint density at radius 1 is 1.50 bits per heavy atom. The number of thioether (sulfide) groups is 1. The summed E-state index contributed by atoms with van der Waals surface area (Å²) in [5.74, 6) is 0. The first-order chi connectivity index (χ1) is 7.51. The minimum atomic E-state index is -1.59. The first kappa shape index (κ1) is 13.3. The van der Waals surface area contributed by atoms with Gasteiger partial charge in [0.2, 0.25) is 0 Å². The molecular weight excluding hydrogens is 262 g/mol. The largest absolute Gasteiger partial charge is 0.231 e. The number of aromatic nitrogens is 2. The van der Waals surface area contributed by atoms with Crippen molar-refractivity contribution in [3.05, 3.63) is 28.4 Å². The van der Waals surface area contributed by atoms with Crippen LogP contribution >= 0.6 is 22.8 Å². The van der Waals surface area contributed by atoms with Gasteiger partial charge in [-0.15, -0.1) is 0 Å². The molecule has 0 aliphatic heterocycles. The fraction of sp³-hybridized carbons (Fsp3) is 0.500. The predicted octanol–water partition coefficient (Wildman–Crippen LogP) is 3.36. The van der Waals surface area contributed by atoms with Crippen molar-refractivity contribution < 1.29 is 0 Å². The van der Waals surface area contributed by atoms with Gasteiger partial charge in [-0.3, -0.25) is 0 Å². The van der Waals surface area contributed by atoms with Gasteiger partial charge < -0.3 is 0 Å². The van der Waals surface area contributed by atoms with Crippen molar-refractivity contribution in [2.24, 2.45) is 5.11 Å². The topological polar surface area (TPSA) is 74.5 Å². The van der Waals surface area contributed by atoms with E-state index in [0.29, 0.717) is 5.16 Å². The molecule has 1 aromatic heterocycles. The molecule has 0 aliphatic rings. The predicted molar refractivity (Wildman–Crippen MR) is 68.9 cm³/mol. The summed E-state index contributed by atoms with van der Waals surface area (Å²) in [6.07, 6.45) is 3.35. The fourth-order valence-electron chi connectivity index (χ4n) is 0.849. The molecule has 0 N–H and O–H groups in total. The Morgan fingerprint density at radius 3 is 2.62 bits per heavy atom. The Morgan fingerprint density at radius 2 is 2.12 bits per heavy atom. The summed E-state index contributed by atoms with van der Waals surface area (Å²) >= 11 is 7.75. The maximum atomic E-state index is 8.16. The van der Waals surface area contributed by atoms with E-state index in [0.717, 1.165) is 10.9 Å². The molecule has 1 heterocycles. The Hall–Kier alpha value is -0.753. The minimum absolute atomic E-state index is 0.289. The molecule has 0 aliphatic carbocycles. The van der Waals surface area contributed by atoms with E-state index in [1.165, 1.54) is 0 Å². The molecule has 1 aromatic rings. The van der Waals surface area contributed by atoms with E-state index < -0.39 is 7.38 Å². The van der Waals surface area contributed by atoms with Crippen LogP contribution in [0.25, 0.3) is 10.4 Å². The van der Waals surface area contributed by atoms with E-state index >= 15 is 0 Å². The minimum Gasteiger partial charge on any atom is -0.231 e. The average molecular weight is 274 g/mol. The number of halogens is 1. The van der Waals surface area contributed by atoms with Crippen molar-refractivity contribution >= 4 is 30.2 Å². The highest BCUT2D eigenvalue weighted by Crippen LogP contribution is 2.20. The number of hydrogen-bond acceptors (Lipinski definition) is 4. The number of hydrogen-bond donors (Lipinski definition) is 0. The normalized spacial score (nSPS) is 10.9. The molecule has 86 valence electrons. The van der Waals surface area contributed by atoms with Crippen molar-refractivity contribution in [2.75, 3.05) is 5.38 Å². The third kappa shape index (κ3) is 5.36. The summed E-state index contributed by atoms with van der Waals surface area (Å²) in [6.45, 7) is 4.45. The van der Waals surface area contributed by atoms with Gasteiger partial charge in [0.25, 0.3) is 0 Å². The number of nitrogens with zero attached hydrogens (tertiary/aromatic N) is 5. The van der Waals surface area contributed by atoms with Crippen LogP contribution in [0.5, 0.6) is 0 Å². The van der Waals surface area contributed by atoms with E-state index in [9.17, 15) is 0 Å². The summed E-state index contributed by atoms with van der Waals surface area (Å²) in [5, 5.41) is 5.03. The van der Waals surface area contributed by atoms with Gasteiger partial charge in [0.1, 0.15) is 0 Å². The zero-order chi connectivity index (χ0) is 12.0. The monoisotopic (exact) mass is 273 g/mol. The molecule has 0 aromatic carbocycles. The molecule has 0 saturated heterocycles. The fourth-order valence-corrected chi connectivity index (χ4v) is 3.48. The van der Waals surface area contributed by atoms with Crippen molar-refractivity contribution in [3.63, 3.8) is 0 Å². The Kier molecular flexibility index (Phi) is 5.07. The second-order valence-corrected chi connectivity index (χ2v) is 12.1. The summed E-state index contributed by atoms with van der Waals surface area (Å²) in [7, 11) is -1.59. The lowest BCUT2D eigenvalue weighted by molar-refractivity contribution is 0.911. The van der Waals surface area contributed by atoms with Crippen LogP contribution in [0.4, 0.5) is 0 Å². The molecule has 0 amide bonds. The van der Waals surface area contributed by atoms with Gasteiger partial charge in [-0.05, 0) is 11.1 Å². The lowest BCUT2D eigenvalue weighted by Crippen LogP contribution is -2.20.